The number of hydrogen-bond donors (Lipinski definition) is 1. The molecule has 0 saturated carbocycles. The van der Waals surface area contributed by atoms with E-state index in [0.29, 0.717) is 4.88 Å². The summed E-state index contributed by atoms with van der Waals surface area (Å²) in [5.41, 5.74) is 0. The van der Waals surface area contributed by atoms with Crippen LogP contribution in [-0.2, 0) is 19.6 Å². The van der Waals surface area contributed by atoms with Crippen LogP contribution in [-0.4, -0.2) is 27.5 Å². The van der Waals surface area contributed by atoms with E-state index in [-0.39, 0.29) is 10.8 Å². The molecule has 0 spiro atoms. The zero-order valence-electron chi connectivity index (χ0n) is 11.7. The summed E-state index contributed by atoms with van der Waals surface area (Å²) in [4.78, 5) is 13.5. The summed E-state index contributed by atoms with van der Waals surface area (Å²) in [6, 6.07) is 0.728. The SMILES string of the molecule is COC(=O)C(NS(=O)(=O)c1cc(C)sc1C)C(C)C. The average Bonchev–Trinajstić information content (AvgIpc) is 2.65. The van der Waals surface area contributed by atoms with Crippen LogP contribution >= 0.6 is 11.3 Å². The second-order valence-corrected chi connectivity index (χ2v) is 7.79. The molecule has 7 heteroatoms. The Balaban J connectivity index is 3.08. The standard InChI is InChI=1S/C12H19NO4S2/c1-7(2)11(12(14)17-5)13-19(15,16)10-6-8(3)18-9(10)4/h6-7,11,13H,1-5H3. The second kappa shape index (κ2) is 6.02. The van der Waals surface area contributed by atoms with Gasteiger partial charge >= 0.3 is 5.97 Å². The molecule has 1 N–H and O–H groups in total. The highest BCUT2D eigenvalue weighted by atomic mass is 32.2. The highest BCUT2D eigenvalue weighted by molar-refractivity contribution is 7.89. The molecule has 0 aliphatic rings. The number of nitrogens with one attached hydrogen (secondary N) is 1. The van der Waals surface area contributed by atoms with Gasteiger partial charge < -0.3 is 4.74 Å². The molecule has 0 radical (unpaired) electrons. The summed E-state index contributed by atoms with van der Waals surface area (Å²) in [6.45, 7) is 7.11. The number of thiophene rings is 1. The Morgan fingerprint density at radius 1 is 1.37 bits per heavy atom. The third kappa shape index (κ3) is 3.77. The van der Waals surface area contributed by atoms with Crippen LogP contribution in [0.4, 0.5) is 0 Å². The van der Waals surface area contributed by atoms with Gasteiger partial charge in [0.1, 0.15) is 6.04 Å². The number of hydrogen-bond acceptors (Lipinski definition) is 5. The van der Waals surface area contributed by atoms with Crippen molar-refractivity contribution in [2.75, 3.05) is 7.11 Å². The van der Waals surface area contributed by atoms with Gasteiger partial charge in [-0.2, -0.15) is 4.72 Å². The topological polar surface area (TPSA) is 72.5 Å². The van der Waals surface area contributed by atoms with E-state index in [9.17, 15) is 13.2 Å². The van der Waals surface area contributed by atoms with Gasteiger partial charge in [0.2, 0.25) is 10.0 Å². The van der Waals surface area contributed by atoms with Crippen LogP contribution < -0.4 is 4.72 Å². The van der Waals surface area contributed by atoms with Gasteiger partial charge in [0.05, 0.1) is 12.0 Å². The van der Waals surface area contributed by atoms with Crippen molar-refractivity contribution in [3.05, 3.63) is 15.8 Å². The maximum Gasteiger partial charge on any atom is 0.324 e. The van der Waals surface area contributed by atoms with Crippen molar-refractivity contribution in [2.45, 2.75) is 38.6 Å². The van der Waals surface area contributed by atoms with Crippen LogP contribution in [0, 0.1) is 19.8 Å². The zero-order chi connectivity index (χ0) is 14.8. The Kier molecular flexibility index (Phi) is 5.11. The van der Waals surface area contributed by atoms with Gasteiger partial charge in [0.25, 0.3) is 0 Å². The third-order valence-corrected chi connectivity index (χ3v) is 5.35. The Hall–Kier alpha value is -0.920. The van der Waals surface area contributed by atoms with Crippen LogP contribution in [0.15, 0.2) is 11.0 Å². The predicted octanol–water partition coefficient (Wildman–Crippen LogP) is 1.84. The monoisotopic (exact) mass is 305 g/mol. The van der Waals surface area contributed by atoms with E-state index in [1.807, 2.05) is 6.92 Å². The Bertz CT molecular complexity index is 560. The van der Waals surface area contributed by atoms with Crippen molar-refractivity contribution in [3.8, 4) is 0 Å². The summed E-state index contributed by atoms with van der Waals surface area (Å²) in [5.74, 6) is -0.773. The number of methoxy groups -OCH3 is 1. The first kappa shape index (κ1) is 16.1. The molecule has 1 atom stereocenters. The van der Waals surface area contributed by atoms with Crippen molar-refractivity contribution >= 4 is 27.3 Å². The van der Waals surface area contributed by atoms with Gasteiger partial charge in [-0.1, -0.05) is 13.8 Å². The quantitative estimate of drug-likeness (QED) is 0.843. The van der Waals surface area contributed by atoms with Gasteiger partial charge in [-0.05, 0) is 25.8 Å². The molecule has 0 aliphatic carbocycles. The molecule has 1 aromatic rings. The highest BCUT2D eigenvalue weighted by Gasteiger charge is 2.30. The number of esters is 1. The lowest BCUT2D eigenvalue weighted by molar-refractivity contribution is -0.143. The number of ether oxygens (including phenoxy) is 1. The number of aryl methyl sites for hydroxylation is 2. The second-order valence-electron chi connectivity index (χ2n) is 4.64. The molecule has 1 aromatic heterocycles. The minimum Gasteiger partial charge on any atom is -0.468 e. The maximum absolute atomic E-state index is 12.3. The molecule has 1 heterocycles. The van der Waals surface area contributed by atoms with Crippen molar-refractivity contribution < 1.29 is 17.9 Å². The first-order chi connectivity index (χ1) is 8.69. The molecule has 1 unspecified atom stereocenters. The largest absolute Gasteiger partial charge is 0.468 e. The highest BCUT2D eigenvalue weighted by Crippen LogP contribution is 2.25. The molecule has 0 amide bonds. The van der Waals surface area contributed by atoms with Crippen molar-refractivity contribution in [1.82, 2.24) is 4.72 Å². The fraction of sp³-hybridized carbons (Fsp3) is 0.583. The number of rotatable bonds is 5. The lowest BCUT2D eigenvalue weighted by Crippen LogP contribution is -2.44. The van der Waals surface area contributed by atoms with Gasteiger partial charge in [0.15, 0.2) is 0 Å². The van der Waals surface area contributed by atoms with E-state index in [1.54, 1.807) is 26.8 Å². The van der Waals surface area contributed by atoms with E-state index < -0.39 is 22.0 Å². The van der Waals surface area contributed by atoms with Gasteiger partial charge in [0, 0.05) is 9.75 Å². The number of sulfonamides is 1. The van der Waals surface area contributed by atoms with Crippen LogP contribution in [0.1, 0.15) is 23.6 Å². The molecular weight excluding hydrogens is 286 g/mol. The summed E-state index contributed by atoms with van der Waals surface area (Å²) in [7, 11) is -2.47. The van der Waals surface area contributed by atoms with Crippen molar-refractivity contribution in [2.24, 2.45) is 5.92 Å². The smallest absolute Gasteiger partial charge is 0.324 e. The molecule has 0 aliphatic heterocycles. The van der Waals surface area contributed by atoms with E-state index in [4.69, 9.17) is 0 Å². The maximum atomic E-state index is 12.3. The normalized spacial score (nSPS) is 13.6. The molecule has 5 nitrogen and oxygen atoms in total. The lowest BCUT2D eigenvalue weighted by atomic mass is 10.1. The van der Waals surface area contributed by atoms with Gasteiger partial charge in [-0.3, -0.25) is 4.79 Å². The Morgan fingerprint density at radius 2 is 1.95 bits per heavy atom. The van der Waals surface area contributed by atoms with Crippen molar-refractivity contribution in [1.29, 1.82) is 0 Å². The molecular formula is C12H19NO4S2. The minimum atomic E-state index is -3.71. The first-order valence-corrected chi connectivity index (χ1v) is 8.16. The molecule has 0 saturated heterocycles. The predicted molar refractivity (Wildman–Crippen MR) is 74.8 cm³/mol. The molecule has 19 heavy (non-hydrogen) atoms. The third-order valence-electron chi connectivity index (χ3n) is 2.69. The lowest BCUT2D eigenvalue weighted by Gasteiger charge is -2.19. The molecule has 0 aromatic carbocycles. The molecule has 108 valence electrons. The molecule has 0 bridgehead atoms. The van der Waals surface area contributed by atoms with Crippen LogP contribution in [0.3, 0.4) is 0 Å². The van der Waals surface area contributed by atoms with E-state index in [1.165, 1.54) is 18.4 Å². The minimum absolute atomic E-state index is 0.192. The van der Waals surface area contributed by atoms with E-state index in [0.717, 1.165) is 4.88 Å². The molecule has 0 fully saturated rings. The molecule has 1 rings (SSSR count). The number of carbonyl (C=O) groups is 1. The summed E-state index contributed by atoms with van der Waals surface area (Å²) in [5, 5.41) is 0. The first-order valence-electron chi connectivity index (χ1n) is 5.86. The average molecular weight is 305 g/mol. The van der Waals surface area contributed by atoms with Gasteiger partial charge in [-0.15, -0.1) is 11.3 Å². The van der Waals surface area contributed by atoms with Gasteiger partial charge in [-0.25, -0.2) is 8.42 Å². The summed E-state index contributed by atoms with van der Waals surface area (Å²) in [6.07, 6.45) is 0. The van der Waals surface area contributed by atoms with Crippen LogP contribution in [0.25, 0.3) is 0 Å². The van der Waals surface area contributed by atoms with Crippen LogP contribution in [0.5, 0.6) is 0 Å². The zero-order valence-corrected chi connectivity index (χ0v) is 13.3. The fourth-order valence-electron chi connectivity index (χ4n) is 1.69. The fourth-order valence-corrected chi connectivity index (χ4v) is 4.58. The van der Waals surface area contributed by atoms with E-state index >= 15 is 0 Å². The van der Waals surface area contributed by atoms with Crippen LogP contribution in [0.2, 0.25) is 0 Å². The Labute approximate surface area is 118 Å². The van der Waals surface area contributed by atoms with E-state index in [2.05, 4.69) is 9.46 Å². The summed E-state index contributed by atoms with van der Waals surface area (Å²) >= 11 is 1.41. The number of carbonyl (C=O) groups excluding carboxylic acids is 1. The Morgan fingerprint density at radius 3 is 2.32 bits per heavy atom. The summed E-state index contributed by atoms with van der Waals surface area (Å²) < 4.78 is 31.6. The van der Waals surface area contributed by atoms with Crippen molar-refractivity contribution in [3.63, 3.8) is 0 Å².